The Hall–Kier alpha value is -2.20. The van der Waals surface area contributed by atoms with Crippen LogP contribution in [-0.4, -0.2) is 29.5 Å². The number of nitrogens with zero attached hydrogens (tertiary/aromatic N) is 2. The Balaban J connectivity index is 1.89. The van der Waals surface area contributed by atoms with Crippen LogP contribution in [0.2, 0.25) is 0 Å². The zero-order chi connectivity index (χ0) is 18.7. The number of rotatable bonds is 8. The van der Waals surface area contributed by atoms with Crippen molar-refractivity contribution >= 4 is 0 Å². The van der Waals surface area contributed by atoms with E-state index >= 15 is 0 Å². The van der Waals surface area contributed by atoms with E-state index in [0.717, 1.165) is 49.1 Å². The first-order valence-corrected chi connectivity index (χ1v) is 9.32. The standard InChI is InChI=1S/C22H28FN3/c1-5-8-16(6-2)21(24-15(3)20-9-7-14-26(20)4)19-13-12-18(17-10-11-17)22(23)25-19/h5-6,8,12-13,17,20-21,24H,1-3,7,9-11,14H2,4H3/b16-8+/t20?,21-/m0/s1. The molecule has 0 bridgehead atoms. The molecule has 138 valence electrons. The average molecular weight is 353 g/mol. The minimum Gasteiger partial charge on any atom is -0.375 e. The fourth-order valence-corrected chi connectivity index (χ4v) is 3.70. The van der Waals surface area contributed by atoms with Crippen LogP contribution in [-0.2, 0) is 0 Å². The molecular weight excluding hydrogens is 325 g/mol. The normalized spacial score (nSPS) is 22.1. The van der Waals surface area contributed by atoms with E-state index < -0.39 is 0 Å². The monoisotopic (exact) mass is 353 g/mol. The molecule has 1 aromatic rings. The molecule has 3 nitrogen and oxygen atoms in total. The van der Waals surface area contributed by atoms with Crippen molar-refractivity contribution in [2.75, 3.05) is 13.6 Å². The van der Waals surface area contributed by atoms with Crippen LogP contribution in [0, 0.1) is 5.95 Å². The van der Waals surface area contributed by atoms with Crippen LogP contribution in [0.4, 0.5) is 4.39 Å². The third kappa shape index (κ3) is 3.96. The third-order valence-corrected chi connectivity index (χ3v) is 5.34. The van der Waals surface area contributed by atoms with Crippen molar-refractivity contribution in [1.82, 2.24) is 15.2 Å². The summed E-state index contributed by atoms with van der Waals surface area (Å²) in [6.07, 6.45) is 9.70. The molecule has 1 aliphatic carbocycles. The molecule has 0 radical (unpaired) electrons. The largest absolute Gasteiger partial charge is 0.375 e. The first-order chi connectivity index (χ1) is 12.5. The predicted molar refractivity (Wildman–Crippen MR) is 105 cm³/mol. The van der Waals surface area contributed by atoms with Crippen molar-refractivity contribution in [1.29, 1.82) is 0 Å². The number of hydrogen-bond donors (Lipinski definition) is 1. The van der Waals surface area contributed by atoms with E-state index in [9.17, 15) is 4.39 Å². The van der Waals surface area contributed by atoms with Gasteiger partial charge >= 0.3 is 0 Å². The van der Waals surface area contributed by atoms with Crippen LogP contribution in [0.5, 0.6) is 0 Å². The molecule has 2 aliphatic rings. The summed E-state index contributed by atoms with van der Waals surface area (Å²) in [4.78, 5) is 6.57. The summed E-state index contributed by atoms with van der Waals surface area (Å²) in [7, 11) is 2.11. The van der Waals surface area contributed by atoms with Gasteiger partial charge in [0.2, 0.25) is 5.95 Å². The summed E-state index contributed by atoms with van der Waals surface area (Å²) in [5, 5.41) is 3.48. The van der Waals surface area contributed by atoms with Crippen LogP contribution in [0.1, 0.15) is 48.9 Å². The Morgan fingerprint density at radius 1 is 1.35 bits per heavy atom. The van der Waals surface area contributed by atoms with E-state index in [2.05, 4.69) is 42.0 Å². The second-order valence-electron chi connectivity index (χ2n) is 7.24. The number of likely N-dealkylation sites (N-methyl/N-ethyl adjacent to an activating group) is 1. The quantitative estimate of drug-likeness (QED) is 0.545. The Morgan fingerprint density at radius 2 is 2.12 bits per heavy atom. The third-order valence-electron chi connectivity index (χ3n) is 5.34. The molecular formula is C22H28FN3. The van der Waals surface area contributed by atoms with Crippen LogP contribution in [0.15, 0.2) is 61.4 Å². The van der Waals surface area contributed by atoms with Crippen LogP contribution in [0.25, 0.3) is 0 Å². The van der Waals surface area contributed by atoms with Gasteiger partial charge in [-0.05, 0) is 56.8 Å². The van der Waals surface area contributed by atoms with Gasteiger partial charge in [0.05, 0.1) is 11.7 Å². The van der Waals surface area contributed by atoms with Crippen molar-refractivity contribution in [2.24, 2.45) is 0 Å². The molecule has 1 saturated heterocycles. The van der Waals surface area contributed by atoms with Crippen molar-refractivity contribution in [2.45, 2.75) is 43.7 Å². The number of aromatic nitrogens is 1. The minimum absolute atomic E-state index is 0.280. The van der Waals surface area contributed by atoms with Crippen LogP contribution >= 0.6 is 0 Å². The maximum atomic E-state index is 14.5. The molecule has 1 unspecified atom stereocenters. The number of allylic oxidation sites excluding steroid dienone is 2. The Labute approximate surface area is 156 Å². The molecule has 1 aliphatic heterocycles. The van der Waals surface area contributed by atoms with Crippen LogP contribution < -0.4 is 5.32 Å². The highest BCUT2D eigenvalue weighted by Crippen LogP contribution is 2.41. The number of likely N-dealkylation sites (tertiary alicyclic amines) is 1. The zero-order valence-corrected chi connectivity index (χ0v) is 15.5. The van der Waals surface area contributed by atoms with Gasteiger partial charge in [-0.1, -0.05) is 44.0 Å². The van der Waals surface area contributed by atoms with Crippen molar-refractivity contribution in [3.05, 3.63) is 78.6 Å². The molecule has 2 fully saturated rings. The summed E-state index contributed by atoms with van der Waals surface area (Å²) >= 11 is 0. The second-order valence-corrected chi connectivity index (χ2v) is 7.24. The van der Waals surface area contributed by atoms with E-state index in [1.165, 1.54) is 0 Å². The number of halogens is 1. The molecule has 1 N–H and O–H groups in total. The summed E-state index contributed by atoms with van der Waals surface area (Å²) in [6, 6.07) is 3.78. The molecule has 1 aromatic heterocycles. The summed E-state index contributed by atoms with van der Waals surface area (Å²) in [5.74, 6) is -0.0185. The zero-order valence-electron chi connectivity index (χ0n) is 15.5. The lowest BCUT2D eigenvalue weighted by atomic mass is 10.00. The summed E-state index contributed by atoms with van der Waals surface area (Å²) < 4.78 is 14.5. The molecule has 0 aromatic carbocycles. The van der Waals surface area contributed by atoms with E-state index in [-0.39, 0.29) is 18.0 Å². The fraction of sp³-hybridized carbons (Fsp3) is 0.409. The SMILES string of the molecule is C=C/C=C(\C=C)[C@H](NC(=C)C1CCCN1C)c1ccc(C2CC2)c(F)n1. The first kappa shape index (κ1) is 18.6. The first-order valence-electron chi connectivity index (χ1n) is 9.32. The van der Waals surface area contributed by atoms with Gasteiger partial charge in [-0.3, -0.25) is 4.90 Å². The molecule has 2 heterocycles. The fourth-order valence-electron chi connectivity index (χ4n) is 3.70. The minimum atomic E-state index is -0.359. The molecule has 4 heteroatoms. The number of nitrogens with one attached hydrogen (secondary N) is 1. The summed E-state index contributed by atoms with van der Waals surface area (Å²) in [5.41, 5.74) is 3.20. The number of pyridine rings is 1. The maximum Gasteiger partial charge on any atom is 0.216 e. The lowest BCUT2D eigenvalue weighted by Gasteiger charge is -2.28. The van der Waals surface area contributed by atoms with Gasteiger partial charge in [-0.15, -0.1) is 0 Å². The van der Waals surface area contributed by atoms with Gasteiger partial charge in [0.25, 0.3) is 0 Å². The van der Waals surface area contributed by atoms with Gasteiger partial charge in [0, 0.05) is 17.3 Å². The van der Waals surface area contributed by atoms with E-state index in [4.69, 9.17) is 0 Å². The highest BCUT2D eigenvalue weighted by Gasteiger charge is 2.29. The van der Waals surface area contributed by atoms with Gasteiger partial charge in [-0.2, -0.15) is 4.39 Å². The Morgan fingerprint density at radius 3 is 2.65 bits per heavy atom. The Bertz CT molecular complexity index is 733. The van der Waals surface area contributed by atoms with E-state index in [0.29, 0.717) is 11.6 Å². The van der Waals surface area contributed by atoms with E-state index in [1.54, 1.807) is 12.2 Å². The summed E-state index contributed by atoms with van der Waals surface area (Å²) in [6.45, 7) is 13.0. The van der Waals surface area contributed by atoms with E-state index in [1.807, 2.05) is 18.2 Å². The maximum absolute atomic E-state index is 14.5. The smallest absolute Gasteiger partial charge is 0.216 e. The number of hydrogen-bond acceptors (Lipinski definition) is 3. The lowest BCUT2D eigenvalue weighted by molar-refractivity contribution is 0.330. The highest BCUT2D eigenvalue weighted by molar-refractivity contribution is 5.35. The van der Waals surface area contributed by atoms with Gasteiger partial charge in [-0.25, -0.2) is 4.98 Å². The van der Waals surface area contributed by atoms with Gasteiger partial charge in [0.1, 0.15) is 0 Å². The highest BCUT2D eigenvalue weighted by atomic mass is 19.1. The molecule has 3 rings (SSSR count). The molecule has 26 heavy (non-hydrogen) atoms. The van der Waals surface area contributed by atoms with Gasteiger partial charge < -0.3 is 5.32 Å². The lowest BCUT2D eigenvalue weighted by Crippen LogP contribution is -2.35. The topological polar surface area (TPSA) is 28.2 Å². The molecule has 0 spiro atoms. The average Bonchev–Trinajstić information content (AvgIpc) is 3.38. The van der Waals surface area contributed by atoms with Crippen molar-refractivity contribution in [3.63, 3.8) is 0 Å². The van der Waals surface area contributed by atoms with Crippen LogP contribution in [0.3, 0.4) is 0 Å². The second kappa shape index (κ2) is 8.00. The molecule has 0 amide bonds. The Kier molecular flexibility index (Phi) is 5.72. The molecule has 1 saturated carbocycles. The molecule has 2 atom stereocenters. The van der Waals surface area contributed by atoms with Crippen molar-refractivity contribution < 1.29 is 4.39 Å². The van der Waals surface area contributed by atoms with Gasteiger partial charge in [0.15, 0.2) is 0 Å². The predicted octanol–water partition coefficient (Wildman–Crippen LogP) is 4.64. The van der Waals surface area contributed by atoms with Crippen molar-refractivity contribution in [3.8, 4) is 0 Å².